The summed E-state index contributed by atoms with van der Waals surface area (Å²) in [5.41, 5.74) is 0.332. The Morgan fingerprint density at radius 3 is 2.31 bits per heavy atom. The Balaban J connectivity index is 1.64. The summed E-state index contributed by atoms with van der Waals surface area (Å²) in [5.74, 6) is -0.497. The second kappa shape index (κ2) is 10.6. The Bertz CT molecular complexity index is 767. The molecule has 2 atom stereocenters. The van der Waals surface area contributed by atoms with Crippen LogP contribution in [0.3, 0.4) is 0 Å². The van der Waals surface area contributed by atoms with E-state index in [4.69, 9.17) is 26.3 Å². The fourth-order valence-corrected chi connectivity index (χ4v) is 4.35. The van der Waals surface area contributed by atoms with E-state index in [0.717, 1.165) is 30.9 Å². The standard InChI is InChI=1S/C24H37BN2O4S/c1-18(17-21(32)27-13-15-29-16-14-27)22(28)26-20(12-11-19-9-7-6-8-10-19)25-30-23(2,3)24(4,5)31-25/h6-10,18,20H,11-17H2,1-5H3,(H,26,28). The van der Waals surface area contributed by atoms with Crippen molar-refractivity contribution in [2.24, 2.45) is 5.92 Å². The van der Waals surface area contributed by atoms with Gasteiger partial charge in [0.1, 0.15) is 0 Å². The summed E-state index contributed by atoms with van der Waals surface area (Å²) < 4.78 is 18.0. The minimum Gasteiger partial charge on any atom is -0.402 e. The number of hydrogen-bond donors (Lipinski definition) is 1. The van der Waals surface area contributed by atoms with Gasteiger partial charge in [0.15, 0.2) is 0 Å². The van der Waals surface area contributed by atoms with E-state index in [2.05, 4.69) is 22.3 Å². The highest BCUT2D eigenvalue weighted by atomic mass is 32.1. The van der Waals surface area contributed by atoms with Gasteiger partial charge in [-0.3, -0.25) is 4.79 Å². The molecule has 0 radical (unpaired) electrons. The van der Waals surface area contributed by atoms with E-state index in [9.17, 15) is 4.79 Å². The van der Waals surface area contributed by atoms with Gasteiger partial charge in [-0.25, -0.2) is 0 Å². The Morgan fingerprint density at radius 1 is 1.12 bits per heavy atom. The van der Waals surface area contributed by atoms with Gasteiger partial charge in [0.2, 0.25) is 5.91 Å². The van der Waals surface area contributed by atoms with Crippen molar-refractivity contribution in [1.82, 2.24) is 10.2 Å². The minimum absolute atomic E-state index is 0.0200. The van der Waals surface area contributed by atoms with Gasteiger partial charge in [-0.15, -0.1) is 0 Å². The van der Waals surface area contributed by atoms with Gasteiger partial charge in [0.05, 0.1) is 35.3 Å². The normalized spacial score (nSPS) is 21.8. The number of nitrogens with one attached hydrogen (secondary N) is 1. The van der Waals surface area contributed by atoms with Crippen LogP contribution in [0.25, 0.3) is 0 Å². The van der Waals surface area contributed by atoms with Crippen molar-refractivity contribution in [2.45, 2.75) is 71.0 Å². The fourth-order valence-electron chi connectivity index (χ4n) is 3.92. The second-order valence-electron chi connectivity index (χ2n) is 9.86. The van der Waals surface area contributed by atoms with Gasteiger partial charge in [0.25, 0.3) is 0 Å². The first-order chi connectivity index (χ1) is 15.1. The monoisotopic (exact) mass is 460 g/mol. The van der Waals surface area contributed by atoms with E-state index in [1.54, 1.807) is 0 Å². The van der Waals surface area contributed by atoms with Crippen LogP contribution >= 0.6 is 12.2 Å². The van der Waals surface area contributed by atoms with E-state index in [0.29, 0.717) is 19.6 Å². The van der Waals surface area contributed by atoms with Gasteiger partial charge < -0.3 is 24.3 Å². The van der Waals surface area contributed by atoms with Crippen molar-refractivity contribution in [1.29, 1.82) is 0 Å². The Kier molecular flexibility index (Phi) is 8.36. The van der Waals surface area contributed by atoms with Crippen LogP contribution in [-0.2, 0) is 25.3 Å². The lowest BCUT2D eigenvalue weighted by Crippen LogP contribution is -2.50. The first-order valence-electron chi connectivity index (χ1n) is 11.6. The zero-order chi connectivity index (χ0) is 23.4. The molecule has 1 N–H and O–H groups in total. The zero-order valence-electron chi connectivity index (χ0n) is 20.1. The average Bonchev–Trinajstić information content (AvgIpc) is 2.99. The number of carbonyl (C=O) groups excluding carboxylic acids is 1. The first kappa shape index (κ1) is 25.2. The number of hydrogen-bond acceptors (Lipinski definition) is 5. The number of nitrogens with zero attached hydrogens (tertiary/aromatic N) is 1. The molecule has 0 aromatic heterocycles. The lowest BCUT2D eigenvalue weighted by atomic mass is 9.74. The topological polar surface area (TPSA) is 60.0 Å². The fraction of sp³-hybridized carbons (Fsp3) is 0.667. The van der Waals surface area contributed by atoms with E-state index in [1.165, 1.54) is 5.56 Å². The number of morpholine rings is 1. The van der Waals surface area contributed by atoms with E-state index in [-0.39, 0.29) is 17.8 Å². The number of amides is 1. The van der Waals surface area contributed by atoms with Gasteiger partial charge in [-0.05, 0) is 46.1 Å². The number of thiocarbonyl (C=S) groups is 1. The maximum absolute atomic E-state index is 13.1. The maximum atomic E-state index is 13.1. The molecule has 2 unspecified atom stereocenters. The van der Waals surface area contributed by atoms with E-state index < -0.39 is 18.3 Å². The molecule has 6 nitrogen and oxygen atoms in total. The minimum atomic E-state index is -0.494. The lowest BCUT2D eigenvalue weighted by molar-refractivity contribution is -0.124. The van der Waals surface area contributed by atoms with Crippen molar-refractivity contribution in [3.05, 3.63) is 35.9 Å². The van der Waals surface area contributed by atoms with Crippen molar-refractivity contribution >= 4 is 30.2 Å². The molecule has 0 bridgehead atoms. The summed E-state index contributed by atoms with van der Waals surface area (Å²) in [6.07, 6.45) is 2.11. The van der Waals surface area contributed by atoms with Crippen molar-refractivity contribution in [3.63, 3.8) is 0 Å². The first-order valence-corrected chi connectivity index (χ1v) is 12.1. The SMILES string of the molecule is CC(CC(=S)N1CCOCC1)C(=O)NC(CCc1ccccc1)B1OC(C)(C)C(C)(C)O1. The summed E-state index contributed by atoms with van der Waals surface area (Å²) in [6.45, 7) is 13.0. The Labute approximate surface area is 198 Å². The van der Waals surface area contributed by atoms with Crippen LogP contribution in [0.5, 0.6) is 0 Å². The van der Waals surface area contributed by atoms with Crippen LogP contribution < -0.4 is 5.32 Å². The lowest BCUT2D eigenvalue weighted by Gasteiger charge is -2.32. The van der Waals surface area contributed by atoms with Gasteiger partial charge in [0, 0.05) is 25.4 Å². The van der Waals surface area contributed by atoms with Gasteiger partial charge >= 0.3 is 7.12 Å². The zero-order valence-corrected chi connectivity index (χ0v) is 20.9. The Hall–Kier alpha value is -1.48. The predicted molar refractivity (Wildman–Crippen MR) is 132 cm³/mol. The molecule has 1 aromatic rings. The third kappa shape index (κ3) is 6.31. The highest BCUT2D eigenvalue weighted by Gasteiger charge is 2.54. The van der Waals surface area contributed by atoms with Gasteiger partial charge in [-0.1, -0.05) is 49.5 Å². The third-order valence-corrected chi connectivity index (χ3v) is 7.23. The molecule has 2 aliphatic heterocycles. The smallest absolute Gasteiger partial charge is 0.402 e. The molecule has 2 saturated heterocycles. The van der Waals surface area contributed by atoms with Crippen molar-refractivity contribution in [3.8, 4) is 0 Å². The molecule has 1 amide bonds. The summed E-state index contributed by atoms with van der Waals surface area (Å²) in [6, 6.07) is 10.3. The van der Waals surface area contributed by atoms with Crippen molar-refractivity contribution < 1.29 is 18.8 Å². The predicted octanol–water partition coefficient (Wildman–Crippen LogP) is 3.42. The number of benzene rings is 1. The van der Waals surface area contributed by atoms with E-state index in [1.807, 2.05) is 52.8 Å². The summed E-state index contributed by atoms with van der Waals surface area (Å²) in [7, 11) is -0.494. The molecule has 3 rings (SSSR count). The number of rotatable bonds is 8. The highest BCUT2D eigenvalue weighted by molar-refractivity contribution is 7.80. The molecule has 2 fully saturated rings. The van der Waals surface area contributed by atoms with Crippen molar-refractivity contribution in [2.75, 3.05) is 26.3 Å². The third-order valence-electron chi connectivity index (χ3n) is 6.81. The van der Waals surface area contributed by atoms with Crippen LogP contribution in [0.2, 0.25) is 0 Å². The number of aryl methyl sites for hydroxylation is 1. The second-order valence-corrected chi connectivity index (χ2v) is 10.3. The molecule has 1 aromatic carbocycles. The molecule has 0 aliphatic carbocycles. The molecular weight excluding hydrogens is 423 g/mol. The molecule has 176 valence electrons. The molecule has 32 heavy (non-hydrogen) atoms. The average molecular weight is 460 g/mol. The number of carbonyl (C=O) groups is 1. The highest BCUT2D eigenvalue weighted by Crippen LogP contribution is 2.38. The summed E-state index contributed by atoms with van der Waals surface area (Å²) >= 11 is 5.61. The molecule has 0 spiro atoms. The number of ether oxygens (including phenoxy) is 1. The quantitative estimate of drug-likeness (QED) is 0.474. The van der Waals surface area contributed by atoms with E-state index >= 15 is 0 Å². The maximum Gasteiger partial charge on any atom is 0.481 e. The largest absolute Gasteiger partial charge is 0.481 e. The van der Waals surface area contributed by atoms with Crippen LogP contribution in [0.1, 0.15) is 53.0 Å². The van der Waals surface area contributed by atoms with Crippen LogP contribution in [0.15, 0.2) is 30.3 Å². The van der Waals surface area contributed by atoms with Crippen LogP contribution in [0.4, 0.5) is 0 Å². The Morgan fingerprint density at radius 2 is 1.72 bits per heavy atom. The molecule has 2 heterocycles. The van der Waals surface area contributed by atoms with Crippen LogP contribution in [-0.4, -0.2) is 66.4 Å². The van der Waals surface area contributed by atoms with Crippen LogP contribution in [0, 0.1) is 5.92 Å². The molecule has 2 aliphatic rings. The summed E-state index contributed by atoms with van der Waals surface area (Å²) in [4.78, 5) is 16.1. The summed E-state index contributed by atoms with van der Waals surface area (Å²) in [5, 5.41) is 3.22. The van der Waals surface area contributed by atoms with Gasteiger partial charge in [-0.2, -0.15) is 0 Å². The molecule has 8 heteroatoms. The molecule has 0 saturated carbocycles. The molecular formula is C24H37BN2O4S.